The van der Waals surface area contributed by atoms with Gasteiger partial charge >= 0.3 is 0 Å². The predicted molar refractivity (Wildman–Crippen MR) is 64.3 cm³/mol. The number of anilines is 2. The summed E-state index contributed by atoms with van der Waals surface area (Å²) in [4.78, 5) is 24.9. The van der Waals surface area contributed by atoms with Gasteiger partial charge < -0.3 is 11.5 Å². The minimum Gasteiger partial charge on any atom is -0.391 e. The van der Waals surface area contributed by atoms with Crippen molar-refractivity contribution in [2.24, 2.45) is 0 Å². The van der Waals surface area contributed by atoms with Crippen LogP contribution in [0.4, 0.5) is 10.0 Å². The fourth-order valence-corrected chi connectivity index (χ4v) is 3.55. The molecule has 0 aromatic carbocycles. The van der Waals surface area contributed by atoms with Crippen LogP contribution in [0.1, 0.15) is 30.5 Å². The second kappa shape index (κ2) is 2.93. The maximum atomic E-state index is 12.0. The summed E-state index contributed by atoms with van der Waals surface area (Å²) in [6.07, 6.45) is 0. The highest BCUT2D eigenvalue weighted by molar-refractivity contribution is 7.22. The lowest BCUT2D eigenvalue weighted by Crippen LogP contribution is -2.15. The normalized spacial score (nSPS) is 13.8. The molecule has 16 heavy (non-hydrogen) atoms. The van der Waals surface area contributed by atoms with E-state index in [0.717, 1.165) is 22.7 Å². The summed E-state index contributed by atoms with van der Waals surface area (Å²) >= 11 is 2.30. The van der Waals surface area contributed by atoms with Gasteiger partial charge in [0.1, 0.15) is 0 Å². The molecule has 1 aliphatic rings. The van der Waals surface area contributed by atoms with Gasteiger partial charge in [-0.2, -0.15) is 0 Å². The van der Waals surface area contributed by atoms with Crippen molar-refractivity contribution in [2.75, 3.05) is 11.5 Å². The molecule has 2 aromatic heterocycles. The highest BCUT2D eigenvalue weighted by Crippen LogP contribution is 2.38. The average Bonchev–Trinajstić information content (AvgIpc) is 2.78. The van der Waals surface area contributed by atoms with Gasteiger partial charge in [0.2, 0.25) is 5.78 Å². The van der Waals surface area contributed by atoms with Crippen molar-refractivity contribution < 1.29 is 9.59 Å². The molecule has 0 atom stereocenters. The van der Waals surface area contributed by atoms with Gasteiger partial charge in [-0.05, 0) is 12.1 Å². The van der Waals surface area contributed by atoms with E-state index < -0.39 is 0 Å². The van der Waals surface area contributed by atoms with Gasteiger partial charge in [-0.25, -0.2) is 0 Å². The van der Waals surface area contributed by atoms with Crippen LogP contribution in [0, 0.1) is 0 Å². The molecule has 0 fully saturated rings. The summed E-state index contributed by atoms with van der Waals surface area (Å²) in [6, 6.07) is 3.11. The number of carbonyl (C=O) groups excluding carboxylic acids is 2. The van der Waals surface area contributed by atoms with Gasteiger partial charge in [-0.3, -0.25) is 9.59 Å². The quantitative estimate of drug-likeness (QED) is 0.636. The van der Waals surface area contributed by atoms with Gasteiger partial charge in [-0.15, -0.1) is 22.7 Å². The number of nitrogen functional groups attached to an aromatic ring is 2. The summed E-state index contributed by atoms with van der Waals surface area (Å²) < 4.78 is 0. The number of nitrogens with two attached hydrogens (primary N) is 2. The maximum Gasteiger partial charge on any atom is 0.214 e. The van der Waals surface area contributed by atoms with Crippen molar-refractivity contribution in [3.63, 3.8) is 0 Å². The van der Waals surface area contributed by atoms with Crippen molar-refractivity contribution in [3.05, 3.63) is 33.0 Å². The maximum absolute atomic E-state index is 12.0. The Labute approximate surface area is 98.5 Å². The fourth-order valence-electron chi connectivity index (χ4n) is 1.74. The number of carbonyl (C=O) groups is 2. The van der Waals surface area contributed by atoms with Crippen LogP contribution in [-0.2, 0) is 0 Å². The Kier molecular flexibility index (Phi) is 1.75. The fraction of sp³-hybridized carbons (Fsp3) is 0. The molecular formula is C10H6N2O2S2. The molecule has 0 saturated carbocycles. The Bertz CT molecular complexity index is 536. The van der Waals surface area contributed by atoms with Crippen LogP contribution in [-0.4, -0.2) is 11.6 Å². The monoisotopic (exact) mass is 250 g/mol. The third-order valence-corrected chi connectivity index (χ3v) is 4.33. The molecule has 0 amide bonds. The zero-order chi connectivity index (χ0) is 11.4. The van der Waals surface area contributed by atoms with Crippen LogP contribution >= 0.6 is 22.7 Å². The second-order valence-electron chi connectivity index (χ2n) is 3.44. The largest absolute Gasteiger partial charge is 0.391 e. The van der Waals surface area contributed by atoms with Crippen LogP contribution in [0.3, 0.4) is 0 Å². The lowest BCUT2D eigenvalue weighted by molar-refractivity contribution is 0.0986. The van der Waals surface area contributed by atoms with Crippen LogP contribution in [0.25, 0.3) is 0 Å². The number of ketones is 2. The Balaban J connectivity index is 2.32. The molecule has 2 heterocycles. The predicted octanol–water partition coefficient (Wildman–Crippen LogP) is 1.75. The Morgan fingerprint density at radius 1 is 0.812 bits per heavy atom. The standard InChI is InChI=1S/C10H6N2O2S2/c11-5-1-3-7(13)4-2-6(12)16-10(4)8(14)9(3)15-5/h1-2H,11-12H2. The van der Waals surface area contributed by atoms with Crippen LogP contribution in [0.15, 0.2) is 12.1 Å². The molecule has 3 rings (SSSR count). The third-order valence-electron chi connectivity index (χ3n) is 2.40. The van der Waals surface area contributed by atoms with Gasteiger partial charge in [0, 0.05) is 11.1 Å². The van der Waals surface area contributed by atoms with E-state index in [9.17, 15) is 9.59 Å². The van der Waals surface area contributed by atoms with Crippen LogP contribution in [0.2, 0.25) is 0 Å². The molecule has 0 saturated heterocycles. The molecule has 0 unspecified atom stereocenters. The minimum absolute atomic E-state index is 0.145. The van der Waals surface area contributed by atoms with Gasteiger partial charge in [0.25, 0.3) is 0 Å². The van der Waals surface area contributed by atoms with Gasteiger partial charge in [0.15, 0.2) is 5.78 Å². The number of fused-ring (bicyclic) bond motifs is 2. The van der Waals surface area contributed by atoms with E-state index in [1.54, 1.807) is 12.1 Å². The lowest BCUT2D eigenvalue weighted by Gasteiger charge is -2.08. The Morgan fingerprint density at radius 3 is 1.69 bits per heavy atom. The first kappa shape index (κ1) is 9.56. The first-order valence-corrected chi connectivity index (χ1v) is 6.09. The smallest absolute Gasteiger partial charge is 0.214 e. The van der Waals surface area contributed by atoms with E-state index in [0.29, 0.717) is 30.9 Å². The summed E-state index contributed by atoms with van der Waals surface area (Å²) in [5.74, 6) is -0.307. The second-order valence-corrected chi connectivity index (χ2v) is 5.61. The molecule has 0 aliphatic heterocycles. The SMILES string of the molecule is Nc1cc2c(s1)C(=O)c1sc(N)cc1C2=O. The Hall–Kier alpha value is -1.66. The zero-order valence-electron chi connectivity index (χ0n) is 7.94. The first-order valence-electron chi connectivity index (χ1n) is 4.46. The van der Waals surface area contributed by atoms with Gasteiger partial charge in [0.05, 0.1) is 19.8 Å². The van der Waals surface area contributed by atoms with Crippen LogP contribution in [0.5, 0.6) is 0 Å². The highest BCUT2D eigenvalue weighted by Gasteiger charge is 2.33. The topological polar surface area (TPSA) is 86.2 Å². The van der Waals surface area contributed by atoms with E-state index in [1.165, 1.54) is 0 Å². The van der Waals surface area contributed by atoms with Gasteiger partial charge in [-0.1, -0.05) is 0 Å². The van der Waals surface area contributed by atoms with E-state index in [1.807, 2.05) is 0 Å². The molecule has 4 N–H and O–H groups in total. The summed E-state index contributed by atoms with van der Waals surface area (Å²) in [5.41, 5.74) is 12.0. The van der Waals surface area contributed by atoms with E-state index in [-0.39, 0.29) is 11.6 Å². The molecule has 6 heteroatoms. The zero-order valence-corrected chi connectivity index (χ0v) is 9.58. The van der Waals surface area contributed by atoms with Crippen molar-refractivity contribution in [2.45, 2.75) is 0 Å². The summed E-state index contributed by atoms with van der Waals surface area (Å²) in [5, 5.41) is 0.963. The molecular weight excluding hydrogens is 244 g/mol. The molecule has 2 aromatic rings. The van der Waals surface area contributed by atoms with Crippen LogP contribution < -0.4 is 11.5 Å². The molecule has 0 bridgehead atoms. The van der Waals surface area contributed by atoms with E-state index >= 15 is 0 Å². The minimum atomic E-state index is -0.162. The number of hydrogen-bond acceptors (Lipinski definition) is 6. The van der Waals surface area contributed by atoms with Crippen molar-refractivity contribution >= 4 is 44.2 Å². The van der Waals surface area contributed by atoms with E-state index in [2.05, 4.69) is 0 Å². The summed E-state index contributed by atoms with van der Waals surface area (Å²) in [7, 11) is 0. The lowest BCUT2D eigenvalue weighted by atomic mass is 9.96. The molecule has 4 nitrogen and oxygen atoms in total. The van der Waals surface area contributed by atoms with Crippen molar-refractivity contribution in [3.8, 4) is 0 Å². The first-order chi connectivity index (χ1) is 7.58. The van der Waals surface area contributed by atoms with Crippen molar-refractivity contribution in [1.82, 2.24) is 0 Å². The molecule has 0 radical (unpaired) electrons. The van der Waals surface area contributed by atoms with Crippen molar-refractivity contribution in [1.29, 1.82) is 0 Å². The number of rotatable bonds is 0. The third kappa shape index (κ3) is 1.08. The molecule has 0 spiro atoms. The molecule has 80 valence electrons. The van der Waals surface area contributed by atoms with E-state index in [4.69, 9.17) is 11.5 Å². The summed E-state index contributed by atoms with van der Waals surface area (Å²) in [6.45, 7) is 0. The number of thiophene rings is 2. The highest BCUT2D eigenvalue weighted by atomic mass is 32.1. The number of hydrogen-bond donors (Lipinski definition) is 2. The Morgan fingerprint density at radius 2 is 1.25 bits per heavy atom. The average molecular weight is 250 g/mol. The molecule has 1 aliphatic carbocycles.